The van der Waals surface area contributed by atoms with Crippen LogP contribution < -0.4 is 5.73 Å². The average molecular weight is 223 g/mol. The lowest BCUT2D eigenvalue weighted by Gasteiger charge is -2.04. The molecule has 1 aromatic carbocycles. The molecule has 0 aromatic heterocycles. The first-order valence-corrected chi connectivity index (χ1v) is 4.93. The van der Waals surface area contributed by atoms with Crippen LogP contribution in [0.5, 0.6) is 0 Å². The van der Waals surface area contributed by atoms with E-state index in [1.54, 1.807) is 0 Å². The van der Waals surface area contributed by atoms with Gasteiger partial charge < -0.3 is 15.6 Å². The molecule has 0 unspecified atom stereocenters. The standard InChI is InChI=1S/C9H11NO2.C3H6O/c10-8(9(11)12)6-7-4-2-1-3-5-7;1-3(2)4/h1-5,8H,6,10H2,(H,11,12);1-2H3/t8-;/m0./s1. The van der Waals surface area contributed by atoms with Gasteiger partial charge in [0.05, 0.1) is 0 Å². The summed E-state index contributed by atoms with van der Waals surface area (Å²) in [5.74, 6) is -0.793. The Morgan fingerprint density at radius 3 is 2.06 bits per heavy atom. The summed E-state index contributed by atoms with van der Waals surface area (Å²) >= 11 is 0. The number of aliphatic carboxylic acids is 1. The average Bonchev–Trinajstić information content (AvgIpc) is 2.18. The van der Waals surface area contributed by atoms with Crippen LogP contribution in [0.1, 0.15) is 19.4 Å². The molecule has 4 nitrogen and oxygen atoms in total. The number of benzene rings is 1. The van der Waals surface area contributed by atoms with Gasteiger partial charge in [-0.05, 0) is 25.8 Å². The molecule has 0 bridgehead atoms. The first kappa shape index (κ1) is 14.3. The number of carbonyl (C=O) groups is 2. The van der Waals surface area contributed by atoms with E-state index in [0.29, 0.717) is 6.42 Å². The van der Waals surface area contributed by atoms with Crippen molar-refractivity contribution in [1.82, 2.24) is 0 Å². The molecule has 4 heteroatoms. The van der Waals surface area contributed by atoms with Crippen LogP contribution in [0.15, 0.2) is 30.3 Å². The normalized spacial score (nSPS) is 10.9. The Kier molecular flexibility index (Phi) is 6.79. The van der Waals surface area contributed by atoms with Crippen molar-refractivity contribution in [1.29, 1.82) is 0 Å². The van der Waals surface area contributed by atoms with Crippen molar-refractivity contribution < 1.29 is 14.7 Å². The second-order valence-corrected chi connectivity index (χ2v) is 3.54. The molecule has 0 fully saturated rings. The van der Waals surface area contributed by atoms with Gasteiger partial charge in [-0.2, -0.15) is 0 Å². The number of rotatable bonds is 3. The molecule has 0 aliphatic heterocycles. The molecule has 0 amide bonds. The molecule has 3 N–H and O–H groups in total. The highest BCUT2D eigenvalue weighted by atomic mass is 16.4. The van der Waals surface area contributed by atoms with Gasteiger partial charge in [-0.1, -0.05) is 30.3 Å². The maximum absolute atomic E-state index is 10.4. The summed E-state index contributed by atoms with van der Waals surface area (Å²) in [6, 6.07) is 8.54. The minimum Gasteiger partial charge on any atom is -0.480 e. The van der Waals surface area contributed by atoms with E-state index in [1.807, 2.05) is 30.3 Å². The molecule has 0 heterocycles. The van der Waals surface area contributed by atoms with Crippen LogP contribution >= 0.6 is 0 Å². The van der Waals surface area contributed by atoms with E-state index in [1.165, 1.54) is 13.8 Å². The van der Waals surface area contributed by atoms with Gasteiger partial charge >= 0.3 is 5.97 Å². The first-order valence-electron chi connectivity index (χ1n) is 4.93. The number of carboxylic acid groups (broad SMARTS) is 1. The van der Waals surface area contributed by atoms with E-state index in [0.717, 1.165) is 5.56 Å². The van der Waals surface area contributed by atoms with Crippen LogP contribution in [0.2, 0.25) is 0 Å². The first-order chi connectivity index (χ1) is 7.43. The number of Topliss-reactive ketones (excluding diaryl/α,β-unsaturated/α-hetero) is 1. The molecule has 0 saturated carbocycles. The lowest BCUT2D eigenvalue weighted by atomic mass is 10.1. The highest BCUT2D eigenvalue weighted by Crippen LogP contribution is 2.01. The summed E-state index contributed by atoms with van der Waals surface area (Å²) in [5.41, 5.74) is 6.30. The molecular formula is C12H17NO3. The Morgan fingerprint density at radius 2 is 1.69 bits per heavy atom. The minimum atomic E-state index is -0.959. The quantitative estimate of drug-likeness (QED) is 0.807. The van der Waals surface area contributed by atoms with Gasteiger partial charge in [0.25, 0.3) is 0 Å². The van der Waals surface area contributed by atoms with Crippen molar-refractivity contribution in [2.24, 2.45) is 5.73 Å². The van der Waals surface area contributed by atoms with Gasteiger partial charge in [0, 0.05) is 0 Å². The lowest BCUT2D eigenvalue weighted by molar-refractivity contribution is -0.138. The zero-order chi connectivity index (χ0) is 12.6. The SMILES string of the molecule is CC(C)=O.N[C@@H](Cc1ccccc1)C(=O)O. The predicted molar refractivity (Wildman–Crippen MR) is 62.1 cm³/mol. The molecule has 0 aliphatic carbocycles. The highest BCUT2D eigenvalue weighted by molar-refractivity contribution is 5.73. The Labute approximate surface area is 95.1 Å². The third-order valence-corrected chi connectivity index (χ3v) is 1.62. The van der Waals surface area contributed by atoms with Crippen molar-refractivity contribution >= 4 is 11.8 Å². The maximum atomic E-state index is 10.4. The highest BCUT2D eigenvalue weighted by Gasteiger charge is 2.10. The number of hydrogen-bond donors (Lipinski definition) is 2. The van der Waals surface area contributed by atoms with Crippen molar-refractivity contribution in [3.8, 4) is 0 Å². The molecule has 1 atom stereocenters. The van der Waals surface area contributed by atoms with Crippen molar-refractivity contribution in [3.63, 3.8) is 0 Å². The molecular weight excluding hydrogens is 206 g/mol. The number of carbonyl (C=O) groups excluding carboxylic acids is 1. The summed E-state index contributed by atoms with van der Waals surface area (Å²) in [7, 11) is 0. The summed E-state index contributed by atoms with van der Waals surface area (Å²) in [6.45, 7) is 3.06. The Bertz CT molecular complexity index is 331. The van der Waals surface area contributed by atoms with E-state index in [-0.39, 0.29) is 5.78 Å². The van der Waals surface area contributed by atoms with Gasteiger partial charge in [0.1, 0.15) is 11.8 Å². The van der Waals surface area contributed by atoms with Gasteiger partial charge in [0.2, 0.25) is 0 Å². The smallest absolute Gasteiger partial charge is 0.320 e. The van der Waals surface area contributed by atoms with Crippen LogP contribution in [-0.4, -0.2) is 22.9 Å². The Hall–Kier alpha value is -1.68. The maximum Gasteiger partial charge on any atom is 0.320 e. The Balaban J connectivity index is 0.000000487. The van der Waals surface area contributed by atoms with Crippen LogP contribution in [-0.2, 0) is 16.0 Å². The number of nitrogens with two attached hydrogens (primary N) is 1. The zero-order valence-electron chi connectivity index (χ0n) is 9.51. The molecule has 16 heavy (non-hydrogen) atoms. The van der Waals surface area contributed by atoms with Gasteiger partial charge in [-0.3, -0.25) is 4.79 Å². The number of ketones is 1. The Morgan fingerprint density at radius 1 is 1.25 bits per heavy atom. The third kappa shape index (κ3) is 7.70. The minimum absolute atomic E-state index is 0.167. The molecule has 0 aliphatic rings. The van der Waals surface area contributed by atoms with Gasteiger partial charge in [-0.25, -0.2) is 0 Å². The topological polar surface area (TPSA) is 80.4 Å². The fourth-order valence-electron chi connectivity index (χ4n) is 0.955. The molecule has 1 rings (SSSR count). The molecule has 0 radical (unpaired) electrons. The van der Waals surface area contributed by atoms with E-state index in [2.05, 4.69) is 0 Å². The predicted octanol–water partition coefficient (Wildman–Crippen LogP) is 1.24. The van der Waals surface area contributed by atoms with Crippen molar-refractivity contribution in [2.75, 3.05) is 0 Å². The fourth-order valence-corrected chi connectivity index (χ4v) is 0.955. The monoisotopic (exact) mass is 223 g/mol. The number of carboxylic acids is 1. The van der Waals surface area contributed by atoms with Gasteiger partial charge in [0.15, 0.2) is 0 Å². The second kappa shape index (κ2) is 7.59. The molecule has 0 spiro atoms. The van der Waals surface area contributed by atoms with E-state index < -0.39 is 12.0 Å². The largest absolute Gasteiger partial charge is 0.480 e. The van der Waals surface area contributed by atoms with Crippen LogP contribution in [0.3, 0.4) is 0 Å². The van der Waals surface area contributed by atoms with Crippen LogP contribution in [0, 0.1) is 0 Å². The van der Waals surface area contributed by atoms with Crippen molar-refractivity contribution in [2.45, 2.75) is 26.3 Å². The molecule has 0 saturated heterocycles. The third-order valence-electron chi connectivity index (χ3n) is 1.62. The summed E-state index contributed by atoms with van der Waals surface area (Å²) in [4.78, 5) is 19.8. The molecule has 1 aromatic rings. The lowest BCUT2D eigenvalue weighted by Crippen LogP contribution is -2.32. The number of hydrogen-bond acceptors (Lipinski definition) is 3. The summed E-state index contributed by atoms with van der Waals surface area (Å²) in [5, 5.41) is 8.52. The van der Waals surface area contributed by atoms with Crippen LogP contribution in [0.25, 0.3) is 0 Å². The van der Waals surface area contributed by atoms with Crippen molar-refractivity contribution in [3.05, 3.63) is 35.9 Å². The van der Waals surface area contributed by atoms with Gasteiger partial charge in [-0.15, -0.1) is 0 Å². The molecule has 88 valence electrons. The van der Waals surface area contributed by atoms with E-state index in [9.17, 15) is 9.59 Å². The summed E-state index contributed by atoms with van der Waals surface area (Å²) in [6.07, 6.45) is 0.385. The van der Waals surface area contributed by atoms with E-state index >= 15 is 0 Å². The second-order valence-electron chi connectivity index (χ2n) is 3.54. The zero-order valence-corrected chi connectivity index (χ0v) is 9.51. The van der Waals surface area contributed by atoms with Crippen LogP contribution in [0.4, 0.5) is 0 Å². The van der Waals surface area contributed by atoms with E-state index in [4.69, 9.17) is 10.8 Å². The summed E-state index contributed by atoms with van der Waals surface area (Å²) < 4.78 is 0. The fraction of sp³-hybridized carbons (Fsp3) is 0.333.